The first-order valence-electron chi connectivity index (χ1n) is 7.58. The minimum Gasteiger partial charge on any atom is -0.342 e. The summed E-state index contributed by atoms with van der Waals surface area (Å²) in [7, 11) is 0. The average Bonchev–Trinajstić information content (AvgIpc) is 3.18. The monoisotopic (exact) mass is 316 g/mol. The van der Waals surface area contributed by atoms with Gasteiger partial charge in [0.25, 0.3) is 0 Å². The van der Waals surface area contributed by atoms with E-state index in [0.717, 1.165) is 42.3 Å². The summed E-state index contributed by atoms with van der Waals surface area (Å²) in [6.45, 7) is 5.77. The Morgan fingerprint density at radius 3 is 2.73 bits per heavy atom. The largest absolute Gasteiger partial charge is 0.342 e. The van der Waals surface area contributed by atoms with Crippen LogP contribution in [-0.4, -0.2) is 43.9 Å². The predicted molar refractivity (Wildman–Crippen MR) is 87.2 cm³/mol. The van der Waals surface area contributed by atoms with Crippen LogP contribution in [0.5, 0.6) is 0 Å². The van der Waals surface area contributed by atoms with E-state index in [-0.39, 0.29) is 11.2 Å². The molecule has 3 rings (SSSR count). The fourth-order valence-electron chi connectivity index (χ4n) is 2.71. The Hall–Kier alpha value is -1.82. The van der Waals surface area contributed by atoms with Crippen molar-refractivity contribution < 1.29 is 4.79 Å². The molecule has 0 aliphatic carbocycles. The van der Waals surface area contributed by atoms with Gasteiger partial charge in [0.2, 0.25) is 5.91 Å². The van der Waals surface area contributed by atoms with Gasteiger partial charge in [-0.15, -0.1) is 10.2 Å². The molecule has 1 saturated heterocycles. The van der Waals surface area contributed by atoms with Gasteiger partial charge in [-0.25, -0.2) is 0 Å². The van der Waals surface area contributed by atoms with E-state index in [9.17, 15) is 4.79 Å². The molecule has 0 bridgehead atoms. The summed E-state index contributed by atoms with van der Waals surface area (Å²) in [6, 6.07) is 8.10. The molecule has 0 saturated carbocycles. The Bertz CT molecular complexity index is 664. The van der Waals surface area contributed by atoms with Gasteiger partial charge in [0, 0.05) is 13.1 Å². The van der Waals surface area contributed by atoms with E-state index in [1.165, 1.54) is 11.8 Å². The van der Waals surface area contributed by atoms with Crippen molar-refractivity contribution in [1.82, 2.24) is 19.7 Å². The predicted octanol–water partition coefficient (Wildman–Crippen LogP) is 2.68. The summed E-state index contributed by atoms with van der Waals surface area (Å²) in [5, 5.41) is 8.82. The van der Waals surface area contributed by atoms with Gasteiger partial charge in [-0.1, -0.05) is 30.0 Å². The molecule has 22 heavy (non-hydrogen) atoms. The number of rotatable bonds is 4. The van der Waals surface area contributed by atoms with Gasteiger partial charge in [0.15, 0.2) is 5.16 Å². The second-order valence-corrected chi connectivity index (χ2v) is 6.87. The molecular formula is C16H20N4OS. The van der Waals surface area contributed by atoms with Gasteiger partial charge in [-0.3, -0.25) is 9.36 Å². The number of hydrogen-bond donors (Lipinski definition) is 0. The van der Waals surface area contributed by atoms with E-state index >= 15 is 0 Å². The number of carbonyl (C=O) groups excluding carboxylic acids is 1. The van der Waals surface area contributed by atoms with Crippen LogP contribution in [0.3, 0.4) is 0 Å². The summed E-state index contributed by atoms with van der Waals surface area (Å²) in [5.41, 5.74) is 2.21. The van der Waals surface area contributed by atoms with Crippen LogP contribution in [0.4, 0.5) is 0 Å². The number of likely N-dealkylation sites (tertiary alicyclic amines) is 1. The molecule has 0 N–H and O–H groups in total. The highest BCUT2D eigenvalue weighted by atomic mass is 32.2. The summed E-state index contributed by atoms with van der Waals surface area (Å²) < 4.78 is 1.95. The van der Waals surface area contributed by atoms with Crippen molar-refractivity contribution in [3.63, 3.8) is 0 Å². The summed E-state index contributed by atoms with van der Waals surface area (Å²) in [6.07, 6.45) is 3.93. The third kappa shape index (κ3) is 3.02. The molecule has 1 atom stereocenters. The van der Waals surface area contributed by atoms with E-state index in [1.807, 2.05) is 34.6 Å². The van der Waals surface area contributed by atoms with Crippen molar-refractivity contribution in [3.05, 3.63) is 36.2 Å². The van der Waals surface area contributed by atoms with Crippen LogP contribution in [0.25, 0.3) is 5.69 Å². The van der Waals surface area contributed by atoms with Gasteiger partial charge < -0.3 is 4.90 Å². The molecule has 0 radical (unpaired) electrons. The van der Waals surface area contributed by atoms with Crippen molar-refractivity contribution in [1.29, 1.82) is 0 Å². The Labute approximate surface area is 134 Å². The van der Waals surface area contributed by atoms with E-state index in [2.05, 4.69) is 23.2 Å². The van der Waals surface area contributed by atoms with Gasteiger partial charge >= 0.3 is 0 Å². The quantitative estimate of drug-likeness (QED) is 0.814. The Balaban J connectivity index is 1.78. The third-order valence-electron chi connectivity index (χ3n) is 3.94. The van der Waals surface area contributed by atoms with Crippen LogP contribution in [0.15, 0.2) is 35.7 Å². The van der Waals surface area contributed by atoms with Crippen molar-refractivity contribution in [3.8, 4) is 5.69 Å². The number of aryl methyl sites for hydroxylation is 1. The van der Waals surface area contributed by atoms with Gasteiger partial charge in [-0.2, -0.15) is 0 Å². The summed E-state index contributed by atoms with van der Waals surface area (Å²) >= 11 is 1.47. The summed E-state index contributed by atoms with van der Waals surface area (Å²) in [5.74, 6) is 0.196. The maximum Gasteiger partial charge on any atom is 0.235 e. The first-order valence-corrected chi connectivity index (χ1v) is 8.46. The lowest BCUT2D eigenvalue weighted by molar-refractivity contribution is -0.129. The zero-order valence-corrected chi connectivity index (χ0v) is 13.7. The van der Waals surface area contributed by atoms with Crippen LogP contribution < -0.4 is 0 Å². The molecule has 6 heteroatoms. The molecule has 5 nitrogen and oxygen atoms in total. The maximum atomic E-state index is 12.4. The van der Waals surface area contributed by atoms with Crippen molar-refractivity contribution >= 4 is 17.7 Å². The van der Waals surface area contributed by atoms with E-state index in [1.54, 1.807) is 6.33 Å². The lowest BCUT2D eigenvalue weighted by Gasteiger charge is -2.19. The highest BCUT2D eigenvalue weighted by molar-refractivity contribution is 8.00. The Morgan fingerprint density at radius 2 is 2.00 bits per heavy atom. The Kier molecular flexibility index (Phi) is 4.47. The van der Waals surface area contributed by atoms with Crippen molar-refractivity contribution in [2.45, 2.75) is 37.1 Å². The number of benzene rings is 1. The molecule has 1 aliphatic rings. The molecule has 1 aromatic heterocycles. The van der Waals surface area contributed by atoms with Crippen molar-refractivity contribution in [2.24, 2.45) is 0 Å². The number of aromatic nitrogens is 3. The zero-order valence-electron chi connectivity index (χ0n) is 12.9. The molecule has 0 unspecified atom stereocenters. The molecule has 116 valence electrons. The second kappa shape index (κ2) is 6.52. The zero-order chi connectivity index (χ0) is 15.5. The minimum atomic E-state index is -0.148. The summed E-state index contributed by atoms with van der Waals surface area (Å²) in [4.78, 5) is 14.4. The third-order valence-corrected chi connectivity index (χ3v) is 4.98. The normalized spacial score (nSPS) is 16.0. The molecule has 0 spiro atoms. The molecule has 2 heterocycles. The van der Waals surface area contributed by atoms with E-state index in [0.29, 0.717) is 0 Å². The lowest BCUT2D eigenvalue weighted by Crippen LogP contribution is -2.34. The maximum absolute atomic E-state index is 12.4. The number of nitrogens with zero attached hydrogens (tertiary/aromatic N) is 4. The van der Waals surface area contributed by atoms with Crippen LogP contribution in [0.2, 0.25) is 0 Å². The molecule has 1 amide bonds. The number of para-hydroxylation sites is 1. The van der Waals surface area contributed by atoms with Crippen LogP contribution in [0.1, 0.15) is 25.3 Å². The fourth-order valence-corrected chi connectivity index (χ4v) is 3.63. The average molecular weight is 316 g/mol. The smallest absolute Gasteiger partial charge is 0.235 e. The number of thioether (sulfide) groups is 1. The number of carbonyl (C=O) groups is 1. The SMILES string of the molecule is Cc1ccccc1-n1cnnc1S[C@H](C)C(=O)N1CCCC1. The highest BCUT2D eigenvalue weighted by Crippen LogP contribution is 2.26. The molecule has 1 aliphatic heterocycles. The highest BCUT2D eigenvalue weighted by Gasteiger charge is 2.25. The Morgan fingerprint density at radius 1 is 1.27 bits per heavy atom. The van der Waals surface area contributed by atoms with E-state index in [4.69, 9.17) is 0 Å². The molecule has 1 aromatic carbocycles. The second-order valence-electron chi connectivity index (χ2n) is 5.56. The van der Waals surface area contributed by atoms with Crippen molar-refractivity contribution in [2.75, 3.05) is 13.1 Å². The molecule has 2 aromatic rings. The topological polar surface area (TPSA) is 51.0 Å². The fraction of sp³-hybridized carbons (Fsp3) is 0.438. The molecule has 1 fully saturated rings. The lowest BCUT2D eigenvalue weighted by atomic mass is 10.2. The van der Waals surface area contributed by atoms with Crippen LogP contribution in [0, 0.1) is 6.92 Å². The van der Waals surface area contributed by atoms with E-state index < -0.39 is 0 Å². The first kappa shape index (κ1) is 15.1. The standard InChI is InChI=1S/C16H20N4OS/c1-12-7-3-4-8-14(12)20-11-17-18-16(20)22-13(2)15(21)19-9-5-6-10-19/h3-4,7-8,11,13H,5-6,9-10H2,1-2H3/t13-/m1/s1. The first-order chi connectivity index (χ1) is 10.7. The van der Waals surface area contributed by atoms with Gasteiger partial charge in [0.1, 0.15) is 6.33 Å². The van der Waals surface area contributed by atoms with Crippen LogP contribution >= 0.6 is 11.8 Å². The van der Waals surface area contributed by atoms with Gasteiger partial charge in [0.05, 0.1) is 10.9 Å². The molecular weight excluding hydrogens is 296 g/mol. The number of hydrogen-bond acceptors (Lipinski definition) is 4. The number of amides is 1. The minimum absolute atomic E-state index is 0.148. The van der Waals surface area contributed by atoms with Crippen LogP contribution in [-0.2, 0) is 4.79 Å². The van der Waals surface area contributed by atoms with Gasteiger partial charge in [-0.05, 0) is 38.3 Å².